The van der Waals surface area contributed by atoms with Crippen LogP contribution >= 0.6 is 11.8 Å². The maximum Gasteiger partial charge on any atom is 0.262 e. The van der Waals surface area contributed by atoms with Gasteiger partial charge >= 0.3 is 0 Å². The second-order valence-corrected chi connectivity index (χ2v) is 8.42. The summed E-state index contributed by atoms with van der Waals surface area (Å²) < 4.78 is 29.7. The smallest absolute Gasteiger partial charge is 0.262 e. The summed E-state index contributed by atoms with van der Waals surface area (Å²) in [7, 11) is -1.75. The van der Waals surface area contributed by atoms with Crippen molar-refractivity contribution in [3.63, 3.8) is 0 Å². The highest BCUT2D eigenvalue weighted by atomic mass is 32.2. The molecule has 8 heteroatoms. The fraction of sp³-hybridized carbons (Fsp3) is 0.176. The number of anilines is 1. The van der Waals surface area contributed by atoms with Crippen molar-refractivity contribution in [2.75, 3.05) is 4.72 Å². The highest BCUT2D eigenvalue weighted by Gasteiger charge is 2.17. The first-order valence-electron chi connectivity index (χ1n) is 7.57. The van der Waals surface area contributed by atoms with Crippen molar-refractivity contribution in [1.82, 2.24) is 14.8 Å². The minimum Gasteiger partial charge on any atom is -0.311 e. The Kier molecular flexibility index (Phi) is 4.82. The van der Waals surface area contributed by atoms with E-state index in [0.717, 1.165) is 15.6 Å². The molecule has 25 heavy (non-hydrogen) atoms. The fourth-order valence-electron chi connectivity index (χ4n) is 2.27. The van der Waals surface area contributed by atoms with Crippen molar-refractivity contribution in [2.24, 2.45) is 7.05 Å². The Morgan fingerprint density at radius 2 is 1.80 bits per heavy atom. The van der Waals surface area contributed by atoms with Gasteiger partial charge < -0.3 is 4.57 Å². The summed E-state index contributed by atoms with van der Waals surface area (Å²) in [4.78, 5) is 1.25. The van der Waals surface area contributed by atoms with Crippen LogP contribution in [0.4, 0.5) is 5.69 Å². The van der Waals surface area contributed by atoms with Gasteiger partial charge in [-0.15, -0.1) is 10.2 Å². The monoisotopic (exact) mass is 374 g/mol. The number of sulfonamides is 1. The molecule has 1 heterocycles. The van der Waals surface area contributed by atoms with E-state index in [-0.39, 0.29) is 0 Å². The van der Waals surface area contributed by atoms with Crippen molar-refractivity contribution < 1.29 is 8.42 Å². The maximum absolute atomic E-state index is 12.6. The highest BCUT2D eigenvalue weighted by molar-refractivity contribution is 7.99. The van der Waals surface area contributed by atoms with Crippen LogP contribution in [0, 0.1) is 13.8 Å². The van der Waals surface area contributed by atoms with Crippen LogP contribution in [0.1, 0.15) is 11.1 Å². The number of hydrogen-bond acceptors (Lipinski definition) is 5. The summed E-state index contributed by atoms with van der Waals surface area (Å²) in [5.74, 6) is 0. The third kappa shape index (κ3) is 4.02. The molecule has 0 saturated heterocycles. The maximum atomic E-state index is 12.6. The lowest BCUT2D eigenvalue weighted by molar-refractivity contribution is 0.600. The lowest BCUT2D eigenvalue weighted by atomic mass is 10.2. The van der Waals surface area contributed by atoms with E-state index in [1.54, 1.807) is 31.5 Å². The van der Waals surface area contributed by atoms with Gasteiger partial charge in [-0.25, -0.2) is 8.42 Å². The van der Waals surface area contributed by atoms with Gasteiger partial charge in [-0.3, -0.25) is 4.72 Å². The van der Waals surface area contributed by atoms with Gasteiger partial charge in [0.25, 0.3) is 10.0 Å². The van der Waals surface area contributed by atoms with Crippen LogP contribution < -0.4 is 4.72 Å². The van der Waals surface area contributed by atoms with E-state index < -0.39 is 10.0 Å². The second kappa shape index (κ2) is 6.89. The molecule has 0 aliphatic heterocycles. The van der Waals surface area contributed by atoms with Crippen LogP contribution in [0.25, 0.3) is 0 Å². The second-order valence-electron chi connectivity index (χ2n) is 5.73. The average Bonchev–Trinajstić information content (AvgIpc) is 2.96. The molecule has 0 spiro atoms. The van der Waals surface area contributed by atoms with Crippen LogP contribution in [0.15, 0.2) is 63.7 Å². The molecule has 0 fully saturated rings. The first kappa shape index (κ1) is 17.5. The first-order valence-corrected chi connectivity index (χ1v) is 9.87. The SMILES string of the molecule is Cc1ccc(C)c(S(=O)(=O)Nc2ccc(Sc3nncn3C)cc2)c1. The largest absolute Gasteiger partial charge is 0.311 e. The van der Waals surface area contributed by atoms with E-state index in [9.17, 15) is 8.42 Å². The summed E-state index contributed by atoms with van der Waals surface area (Å²) in [5, 5.41) is 8.62. The Bertz CT molecular complexity index is 996. The average molecular weight is 374 g/mol. The van der Waals surface area contributed by atoms with Crippen molar-refractivity contribution in [3.8, 4) is 0 Å². The zero-order valence-corrected chi connectivity index (χ0v) is 15.7. The third-order valence-corrected chi connectivity index (χ3v) is 6.20. The Morgan fingerprint density at radius 3 is 2.44 bits per heavy atom. The van der Waals surface area contributed by atoms with Crippen LogP contribution in [0.2, 0.25) is 0 Å². The van der Waals surface area contributed by atoms with Gasteiger partial charge in [0.1, 0.15) is 6.33 Å². The Balaban J connectivity index is 1.79. The summed E-state index contributed by atoms with van der Waals surface area (Å²) >= 11 is 1.46. The molecular formula is C17H18N4O2S2. The molecule has 0 amide bonds. The quantitative estimate of drug-likeness (QED) is 0.741. The van der Waals surface area contributed by atoms with E-state index in [0.29, 0.717) is 16.1 Å². The topological polar surface area (TPSA) is 76.9 Å². The molecule has 0 unspecified atom stereocenters. The molecule has 6 nitrogen and oxygen atoms in total. The van der Waals surface area contributed by atoms with Gasteiger partial charge in [0, 0.05) is 17.6 Å². The summed E-state index contributed by atoms with van der Waals surface area (Å²) in [6.07, 6.45) is 1.63. The number of aromatic nitrogens is 3. The molecule has 0 bridgehead atoms. The number of benzene rings is 2. The summed E-state index contributed by atoms with van der Waals surface area (Å²) in [6.45, 7) is 3.66. The van der Waals surface area contributed by atoms with Crippen LogP contribution in [0.3, 0.4) is 0 Å². The summed E-state index contributed by atoms with van der Waals surface area (Å²) in [6, 6.07) is 12.6. The van der Waals surface area contributed by atoms with E-state index in [1.807, 2.05) is 42.8 Å². The molecule has 1 N–H and O–H groups in total. The molecule has 3 rings (SSSR count). The molecule has 2 aromatic carbocycles. The van der Waals surface area contributed by atoms with Gasteiger partial charge in [-0.05, 0) is 67.1 Å². The van der Waals surface area contributed by atoms with Crippen molar-refractivity contribution in [1.29, 1.82) is 0 Å². The van der Waals surface area contributed by atoms with E-state index >= 15 is 0 Å². The van der Waals surface area contributed by atoms with Crippen molar-refractivity contribution in [2.45, 2.75) is 28.8 Å². The number of nitrogens with zero attached hydrogens (tertiary/aromatic N) is 3. The third-order valence-electron chi connectivity index (χ3n) is 3.62. The van der Waals surface area contributed by atoms with Crippen molar-refractivity contribution >= 4 is 27.5 Å². The van der Waals surface area contributed by atoms with Gasteiger partial charge in [-0.2, -0.15) is 0 Å². The number of hydrogen-bond donors (Lipinski definition) is 1. The van der Waals surface area contributed by atoms with Gasteiger partial charge in [-0.1, -0.05) is 12.1 Å². The van der Waals surface area contributed by atoms with E-state index in [1.165, 1.54) is 11.8 Å². The lowest BCUT2D eigenvalue weighted by Crippen LogP contribution is -2.14. The molecule has 0 aliphatic rings. The van der Waals surface area contributed by atoms with Gasteiger partial charge in [0.15, 0.2) is 5.16 Å². The van der Waals surface area contributed by atoms with Gasteiger partial charge in [0.2, 0.25) is 0 Å². The molecule has 0 saturated carbocycles. The van der Waals surface area contributed by atoms with Gasteiger partial charge in [0.05, 0.1) is 4.90 Å². The predicted molar refractivity (Wildman–Crippen MR) is 98.3 cm³/mol. The lowest BCUT2D eigenvalue weighted by Gasteiger charge is -2.11. The number of rotatable bonds is 5. The Hall–Kier alpha value is -2.32. The normalized spacial score (nSPS) is 11.5. The highest BCUT2D eigenvalue weighted by Crippen LogP contribution is 2.27. The molecule has 130 valence electrons. The standard InChI is InChI=1S/C17H18N4O2S2/c1-12-4-5-13(2)16(10-12)25(22,23)20-14-6-8-15(9-7-14)24-17-19-18-11-21(17)3/h4-11,20H,1-3H3. The Morgan fingerprint density at radius 1 is 1.08 bits per heavy atom. The number of aryl methyl sites for hydroxylation is 3. The van der Waals surface area contributed by atoms with Crippen LogP contribution in [-0.2, 0) is 17.1 Å². The first-order chi connectivity index (χ1) is 11.8. The zero-order chi connectivity index (χ0) is 18.0. The van der Waals surface area contributed by atoms with Crippen LogP contribution in [-0.4, -0.2) is 23.2 Å². The molecule has 0 aliphatic carbocycles. The molecule has 0 radical (unpaired) electrons. The molecule has 3 aromatic rings. The van der Waals surface area contributed by atoms with Crippen molar-refractivity contribution in [3.05, 3.63) is 59.9 Å². The minimum atomic E-state index is -3.62. The fourth-order valence-corrected chi connectivity index (χ4v) is 4.42. The zero-order valence-electron chi connectivity index (χ0n) is 14.1. The Labute approximate surface area is 151 Å². The van der Waals surface area contributed by atoms with E-state index in [2.05, 4.69) is 14.9 Å². The molecular weight excluding hydrogens is 356 g/mol. The molecule has 1 aromatic heterocycles. The van der Waals surface area contributed by atoms with E-state index in [4.69, 9.17) is 0 Å². The minimum absolute atomic E-state index is 0.296. The van der Waals surface area contributed by atoms with Crippen LogP contribution in [0.5, 0.6) is 0 Å². The molecule has 0 atom stereocenters. The number of nitrogens with one attached hydrogen (secondary N) is 1. The summed E-state index contributed by atoms with van der Waals surface area (Å²) in [5.41, 5.74) is 2.14. The predicted octanol–water partition coefficient (Wildman–Crippen LogP) is 3.38.